The highest BCUT2D eigenvalue weighted by molar-refractivity contribution is 5.74. The molecule has 13 heavy (non-hydrogen) atoms. The van der Waals surface area contributed by atoms with Crippen molar-refractivity contribution in [3.05, 3.63) is 12.2 Å². The molecule has 0 saturated heterocycles. The van der Waals surface area contributed by atoms with Gasteiger partial charge in [-0.25, -0.2) is 0 Å². The highest BCUT2D eigenvalue weighted by Gasteiger charge is 2.40. The smallest absolute Gasteiger partial charge is 0.309 e. The molecule has 2 rings (SSSR count). The number of carbonyl (C=O) groups excluding carboxylic acids is 1. The van der Waals surface area contributed by atoms with E-state index in [1.807, 2.05) is 0 Å². The summed E-state index contributed by atoms with van der Waals surface area (Å²) in [5.41, 5.74) is 0. The number of allylic oxidation sites excluding steroid dienone is 2. The zero-order chi connectivity index (χ0) is 9.26. The first-order valence-corrected chi connectivity index (χ1v) is 4.77. The van der Waals surface area contributed by atoms with E-state index in [4.69, 9.17) is 9.84 Å². The molecular formula is C10H14O3. The van der Waals surface area contributed by atoms with Gasteiger partial charge in [0.1, 0.15) is 6.61 Å². The Kier molecular flexibility index (Phi) is 2.36. The first-order chi connectivity index (χ1) is 6.31. The second-order valence-electron chi connectivity index (χ2n) is 3.78. The zero-order valence-corrected chi connectivity index (χ0v) is 7.48. The molecule has 0 aliphatic heterocycles. The van der Waals surface area contributed by atoms with E-state index in [1.54, 1.807) is 0 Å². The molecule has 0 aromatic heterocycles. The molecule has 0 radical (unpaired) electrons. The van der Waals surface area contributed by atoms with Crippen molar-refractivity contribution in [2.45, 2.75) is 12.8 Å². The summed E-state index contributed by atoms with van der Waals surface area (Å²) in [6, 6.07) is 0. The van der Waals surface area contributed by atoms with Crippen molar-refractivity contribution >= 4 is 5.97 Å². The van der Waals surface area contributed by atoms with Crippen LogP contribution in [0.1, 0.15) is 12.8 Å². The lowest BCUT2D eigenvalue weighted by atomic mass is 9.94. The Morgan fingerprint density at radius 2 is 2.31 bits per heavy atom. The van der Waals surface area contributed by atoms with Crippen molar-refractivity contribution in [2.75, 3.05) is 13.2 Å². The number of aliphatic hydroxyl groups excluding tert-OH is 1. The van der Waals surface area contributed by atoms with Crippen molar-refractivity contribution in [2.24, 2.45) is 17.8 Å². The molecule has 0 spiro atoms. The second-order valence-corrected chi connectivity index (χ2v) is 3.78. The fraction of sp³-hybridized carbons (Fsp3) is 0.700. The number of aliphatic hydroxyl groups is 1. The predicted octanol–water partition coefficient (Wildman–Crippen LogP) is 0.734. The van der Waals surface area contributed by atoms with Crippen LogP contribution in [0, 0.1) is 17.8 Å². The number of hydrogen-bond donors (Lipinski definition) is 1. The van der Waals surface area contributed by atoms with Gasteiger partial charge in [0, 0.05) is 0 Å². The Bertz CT molecular complexity index is 234. The molecule has 72 valence electrons. The Morgan fingerprint density at radius 3 is 2.85 bits per heavy atom. The van der Waals surface area contributed by atoms with Crippen LogP contribution >= 0.6 is 0 Å². The molecule has 1 N–H and O–H groups in total. The first kappa shape index (κ1) is 8.75. The van der Waals surface area contributed by atoms with E-state index in [1.165, 1.54) is 0 Å². The summed E-state index contributed by atoms with van der Waals surface area (Å²) in [4.78, 5) is 11.4. The van der Waals surface area contributed by atoms with Gasteiger partial charge in [0.05, 0.1) is 12.5 Å². The number of ether oxygens (including phenoxy) is 1. The van der Waals surface area contributed by atoms with Crippen molar-refractivity contribution in [3.8, 4) is 0 Å². The third-order valence-corrected chi connectivity index (χ3v) is 2.92. The second kappa shape index (κ2) is 3.50. The van der Waals surface area contributed by atoms with Crippen LogP contribution in [0.2, 0.25) is 0 Å². The molecule has 1 saturated carbocycles. The lowest BCUT2D eigenvalue weighted by molar-refractivity contribution is -0.150. The van der Waals surface area contributed by atoms with E-state index in [2.05, 4.69) is 12.2 Å². The number of esters is 1. The van der Waals surface area contributed by atoms with E-state index in [0.717, 1.165) is 12.8 Å². The Balaban J connectivity index is 1.88. The van der Waals surface area contributed by atoms with Crippen molar-refractivity contribution in [3.63, 3.8) is 0 Å². The third kappa shape index (κ3) is 1.61. The predicted molar refractivity (Wildman–Crippen MR) is 46.9 cm³/mol. The molecule has 0 aromatic carbocycles. The minimum atomic E-state index is -0.133. The molecule has 0 aromatic rings. The van der Waals surface area contributed by atoms with Gasteiger partial charge in [-0.05, 0) is 24.7 Å². The average molecular weight is 182 g/mol. The van der Waals surface area contributed by atoms with Gasteiger partial charge in [0.25, 0.3) is 0 Å². The fourth-order valence-electron chi connectivity index (χ4n) is 2.31. The molecule has 2 aliphatic rings. The van der Waals surface area contributed by atoms with E-state index in [-0.39, 0.29) is 25.1 Å². The average Bonchev–Trinajstić information content (AvgIpc) is 2.74. The molecule has 3 nitrogen and oxygen atoms in total. The monoisotopic (exact) mass is 182 g/mol. The van der Waals surface area contributed by atoms with Crippen LogP contribution in [-0.2, 0) is 9.53 Å². The van der Waals surface area contributed by atoms with Crippen molar-refractivity contribution in [1.29, 1.82) is 0 Å². The number of carbonyl (C=O) groups is 1. The van der Waals surface area contributed by atoms with Crippen LogP contribution in [0.25, 0.3) is 0 Å². The highest BCUT2D eigenvalue weighted by atomic mass is 16.5. The van der Waals surface area contributed by atoms with Gasteiger partial charge in [0.2, 0.25) is 0 Å². The summed E-state index contributed by atoms with van der Waals surface area (Å²) < 4.78 is 4.90. The largest absolute Gasteiger partial charge is 0.463 e. The molecule has 2 unspecified atom stereocenters. The highest BCUT2D eigenvalue weighted by Crippen LogP contribution is 2.43. The van der Waals surface area contributed by atoms with E-state index < -0.39 is 0 Å². The minimum absolute atomic E-state index is 0.0570. The number of fused-ring (bicyclic) bond motifs is 2. The summed E-state index contributed by atoms with van der Waals surface area (Å²) in [5, 5.41) is 8.50. The number of rotatable bonds is 3. The van der Waals surface area contributed by atoms with Crippen LogP contribution in [0.3, 0.4) is 0 Å². The molecular weight excluding hydrogens is 168 g/mol. The summed E-state index contributed by atoms with van der Waals surface area (Å²) in [6.45, 7) is 0.0544. The molecule has 1 fully saturated rings. The lowest BCUT2D eigenvalue weighted by Crippen LogP contribution is -2.22. The molecule has 2 aliphatic carbocycles. The molecule has 0 heterocycles. The van der Waals surface area contributed by atoms with Gasteiger partial charge in [0.15, 0.2) is 0 Å². The molecule has 3 heteroatoms. The Hall–Kier alpha value is -0.830. The number of hydrogen-bond acceptors (Lipinski definition) is 3. The Labute approximate surface area is 77.4 Å². The van der Waals surface area contributed by atoms with Gasteiger partial charge in [-0.15, -0.1) is 0 Å². The van der Waals surface area contributed by atoms with E-state index in [9.17, 15) is 4.79 Å². The van der Waals surface area contributed by atoms with Crippen LogP contribution in [0.4, 0.5) is 0 Å². The minimum Gasteiger partial charge on any atom is -0.463 e. The van der Waals surface area contributed by atoms with Crippen LogP contribution in [0.5, 0.6) is 0 Å². The van der Waals surface area contributed by atoms with Gasteiger partial charge >= 0.3 is 5.97 Å². The van der Waals surface area contributed by atoms with Crippen molar-refractivity contribution in [1.82, 2.24) is 0 Å². The summed E-state index contributed by atoms with van der Waals surface area (Å²) in [5.74, 6) is 0.917. The SMILES string of the molecule is O=C(OCCO)C1CC2C=C[C@H]1C2. The fourth-order valence-corrected chi connectivity index (χ4v) is 2.31. The summed E-state index contributed by atoms with van der Waals surface area (Å²) in [7, 11) is 0. The van der Waals surface area contributed by atoms with Gasteiger partial charge in [-0.2, -0.15) is 0 Å². The van der Waals surface area contributed by atoms with Gasteiger partial charge < -0.3 is 9.84 Å². The summed E-state index contributed by atoms with van der Waals surface area (Å²) in [6.07, 6.45) is 6.36. The third-order valence-electron chi connectivity index (χ3n) is 2.92. The normalized spacial score (nSPS) is 35.3. The maximum Gasteiger partial charge on any atom is 0.309 e. The molecule has 0 amide bonds. The molecule has 2 bridgehead atoms. The van der Waals surface area contributed by atoms with E-state index >= 15 is 0 Å². The van der Waals surface area contributed by atoms with E-state index in [0.29, 0.717) is 11.8 Å². The zero-order valence-electron chi connectivity index (χ0n) is 7.48. The van der Waals surface area contributed by atoms with Gasteiger partial charge in [-0.1, -0.05) is 12.2 Å². The topological polar surface area (TPSA) is 46.5 Å². The maximum absolute atomic E-state index is 11.4. The summed E-state index contributed by atoms with van der Waals surface area (Å²) >= 11 is 0. The first-order valence-electron chi connectivity index (χ1n) is 4.77. The maximum atomic E-state index is 11.4. The van der Waals surface area contributed by atoms with Crippen molar-refractivity contribution < 1.29 is 14.6 Å². The van der Waals surface area contributed by atoms with Crippen LogP contribution in [0.15, 0.2) is 12.2 Å². The molecule has 3 atom stereocenters. The van der Waals surface area contributed by atoms with Crippen LogP contribution < -0.4 is 0 Å². The standard InChI is InChI=1S/C10H14O3/c11-3-4-13-10(12)9-6-7-1-2-8(9)5-7/h1-2,7-9,11H,3-6H2/t7?,8-,9?/m0/s1. The van der Waals surface area contributed by atoms with Gasteiger partial charge in [-0.3, -0.25) is 4.79 Å². The lowest BCUT2D eigenvalue weighted by Gasteiger charge is -2.15. The van der Waals surface area contributed by atoms with Crippen LogP contribution in [-0.4, -0.2) is 24.3 Å². The Morgan fingerprint density at radius 1 is 1.46 bits per heavy atom. The quantitative estimate of drug-likeness (QED) is 0.517.